The van der Waals surface area contributed by atoms with E-state index in [2.05, 4.69) is 5.10 Å². The molecule has 1 amide bonds. The van der Waals surface area contributed by atoms with Crippen LogP contribution in [-0.2, 0) is 7.05 Å². The first-order valence-corrected chi connectivity index (χ1v) is 9.59. The van der Waals surface area contributed by atoms with Crippen molar-refractivity contribution in [3.05, 3.63) is 71.7 Å². The van der Waals surface area contributed by atoms with Crippen molar-refractivity contribution in [3.63, 3.8) is 0 Å². The van der Waals surface area contributed by atoms with Crippen LogP contribution in [0.2, 0.25) is 0 Å². The molecule has 1 aliphatic rings. The van der Waals surface area contributed by atoms with Gasteiger partial charge in [-0.25, -0.2) is 4.98 Å². The van der Waals surface area contributed by atoms with Gasteiger partial charge in [0, 0.05) is 43.5 Å². The third-order valence-electron chi connectivity index (χ3n) is 5.38. The Balaban J connectivity index is 1.40. The highest BCUT2D eigenvalue weighted by atomic mass is 16.5. The van der Waals surface area contributed by atoms with Crippen molar-refractivity contribution in [2.24, 2.45) is 7.05 Å². The van der Waals surface area contributed by atoms with Gasteiger partial charge in [-0.2, -0.15) is 5.10 Å². The number of benzene rings is 1. The fourth-order valence-electron chi connectivity index (χ4n) is 3.58. The molecular formula is C22H24N4O2. The number of hydrogen-bond donors (Lipinski definition) is 0. The van der Waals surface area contributed by atoms with Gasteiger partial charge in [0.15, 0.2) is 0 Å². The van der Waals surface area contributed by atoms with Crippen LogP contribution in [-0.4, -0.2) is 38.7 Å². The molecule has 6 heteroatoms. The molecule has 1 fully saturated rings. The predicted molar refractivity (Wildman–Crippen MR) is 107 cm³/mol. The van der Waals surface area contributed by atoms with Gasteiger partial charge in [0.25, 0.3) is 5.91 Å². The lowest BCUT2D eigenvalue weighted by molar-refractivity contribution is 0.0711. The molecule has 0 bridgehead atoms. The number of likely N-dealkylation sites (tertiary alicyclic amines) is 1. The summed E-state index contributed by atoms with van der Waals surface area (Å²) in [6.45, 7) is 3.38. The molecule has 1 aromatic carbocycles. The van der Waals surface area contributed by atoms with Crippen molar-refractivity contribution in [2.45, 2.75) is 25.7 Å². The number of carbonyl (C=O) groups is 1. The highest BCUT2D eigenvalue weighted by Gasteiger charge is 2.27. The Morgan fingerprint density at radius 1 is 1.07 bits per heavy atom. The summed E-state index contributed by atoms with van der Waals surface area (Å²) in [5.41, 5.74) is 2.62. The number of piperidine rings is 1. The van der Waals surface area contributed by atoms with E-state index < -0.39 is 0 Å². The first-order chi connectivity index (χ1) is 13.6. The molecule has 144 valence electrons. The van der Waals surface area contributed by atoms with Crippen molar-refractivity contribution in [2.75, 3.05) is 13.1 Å². The summed E-state index contributed by atoms with van der Waals surface area (Å²) in [5, 5.41) is 4.18. The molecule has 4 rings (SSSR count). The van der Waals surface area contributed by atoms with E-state index in [1.54, 1.807) is 10.9 Å². The quantitative estimate of drug-likeness (QED) is 0.692. The maximum absolute atomic E-state index is 12.8. The lowest BCUT2D eigenvalue weighted by Crippen LogP contribution is -2.38. The van der Waals surface area contributed by atoms with E-state index in [1.807, 2.05) is 67.4 Å². The Labute approximate surface area is 164 Å². The average Bonchev–Trinajstić information content (AvgIpc) is 3.07. The van der Waals surface area contributed by atoms with Crippen LogP contribution >= 0.6 is 0 Å². The summed E-state index contributed by atoms with van der Waals surface area (Å²) in [4.78, 5) is 19.4. The van der Waals surface area contributed by atoms with Gasteiger partial charge in [0.2, 0.25) is 5.88 Å². The van der Waals surface area contributed by atoms with Crippen molar-refractivity contribution in [1.82, 2.24) is 19.7 Å². The minimum atomic E-state index is 0.0678. The minimum Gasteiger partial charge on any atom is -0.439 e. The van der Waals surface area contributed by atoms with E-state index in [0.29, 0.717) is 17.4 Å². The zero-order valence-corrected chi connectivity index (χ0v) is 16.2. The summed E-state index contributed by atoms with van der Waals surface area (Å²) in [5.74, 6) is 1.78. The smallest absolute Gasteiger partial charge is 0.257 e. The van der Waals surface area contributed by atoms with Crippen LogP contribution < -0.4 is 4.74 Å². The average molecular weight is 376 g/mol. The molecule has 6 nitrogen and oxygen atoms in total. The van der Waals surface area contributed by atoms with Gasteiger partial charge in [-0.1, -0.05) is 24.3 Å². The van der Waals surface area contributed by atoms with Crippen molar-refractivity contribution < 1.29 is 9.53 Å². The molecule has 2 aromatic heterocycles. The number of carbonyl (C=O) groups excluding carboxylic acids is 1. The second-order valence-corrected chi connectivity index (χ2v) is 7.15. The number of rotatable bonds is 4. The van der Waals surface area contributed by atoms with E-state index in [4.69, 9.17) is 9.72 Å². The van der Waals surface area contributed by atoms with E-state index >= 15 is 0 Å². The second-order valence-electron chi connectivity index (χ2n) is 7.15. The van der Waals surface area contributed by atoms with Crippen LogP contribution in [0.5, 0.6) is 11.6 Å². The molecule has 0 saturated carbocycles. The fourth-order valence-corrected chi connectivity index (χ4v) is 3.58. The number of pyridine rings is 1. The minimum absolute atomic E-state index is 0.0678. The molecule has 1 saturated heterocycles. The van der Waals surface area contributed by atoms with Gasteiger partial charge < -0.3 is 9.64 Å². The molecule has 0 aliphatic carbocycles. The van der Waals surface area contributed by atoms with E-state index in [0.717, 1.165) is 43.1 Å². The maximum atomic E-state index is 12.8. The van der Waals surface area contributed by atoms with Crippen LogP contribution in [0.4, 0.5) is 0 Å². The lowest BCUT2D eigenvalue weighted by Gasteiger charge is -2.31. The lowest BCUT2D eigenvalue weighted by atomic mass is 9.92. The molecule has 1 aliphatic heterocycles. The third kappa shape index (κ3) is 3.76. The molecule has 0 N–H and O–H groups in total. The van der Waals surface area contributed by atoms with Crippen LogP contribution in [0, 0.1) is 6.92 Å². The molecule has 28 heavy (non-hydrogen) atoms. The highest BCUT2D eigenvalue weighted by molar-refractivity contribution is 5.95. The predicted octanol–water partition coefficient (Wildman–Crippen LogP) is 3.94. The maximum Gasteiger partial charge on any atom is 0.257 e. The van der Waals surface area contributed by atoms with Gasteiger partial charge in [-0.05, 0) is 38.0 Å². The van der Waals surface area contributed by atoms with Crippen LogP contribution in [0.15, 0.2) is 54.7 Å². The monoisotopic (exact) mass is 376 g/mol. The Hall–Kier alpha value is -3.15. The highest BCUT2D eigenvalue weighted by Crippen LogP contribution is 2.29. The summed E-state index contributed by atoms with van der Waals surface area (Å²) >= 11 is 0. The van der Waals surface area contributed by atoms with Crippen molar-refractivity contribution >= 4 is 5.91 Å². The fraction of sp³-hybridized carbons (Fsp3) is 0.318. The number of ether oxygens (including phenoxy) is 1. The van der Waals surface area contributed by atoms with Gasteiger partial charge in [-0.3, -0.25) is 9.48 Å². The number of aryl methyl sites for hydroxylation is 1. The number of nitrogens with zero attached hydrogens (tertiary/aromatic N) is 4. The third-order valence-corrected chi connectivity index (χ3v) is 5.38. The summed E-state index contributed by atoms with van der Waals surface area (Å²) in [6.07, 6.45) is 3.45. The summed E-state index contributed by atoms with van der Waals surface area (Å²) in [6, 6.07) is 15.6. The first-order valence-electron chi connectivity index (χ1n) is 9.59. The molecule has 0 radical (unpaired) electrons. The van der Waals surface area contributed by atoms with Crippen LogP contribution in [0.1, 0.15) is 40.5 Å². The topological polar surface area (TPSA) is 60.3 Å². The van der Waals surface area contributed by atoms with Crippen LogP contribution in [0.25, 0.3) is 0 Å². The van der Waals surface area contributed by atoms with Gasteiger partial charge >= 0.3 is 0 Å². The molecule has 0 unspecified atom stereocenters. The largest absolute Gasteiger partial charge is 0.439 e. The van der Waals surface area contributed by atoms with Gasteiger partial charge in [0.1, 0.15) is 5.75 Å². The standard InChI is InChI=1S/C22H24N4O2/c1-16-19(15-23-25(16)2)22(27)26-13-11-17(12-14-26)20-9-6-10-21(24-20)28-18-7-4-3-5-8-18/h3-10,15,17H,11-14H2,1-2H3. The Morgan fingerprint density at radius 3 is 2.50 bits per heavy atom. The van der Waals surface area contributed by atoms with Gasteiger partial charge in [0.05, 0.1) is 11.8 Å². The molecule has 3 aromatic rings. The SMILES string of the molecule is Cc1c(C(=O)N2CCC(c3cccc(Oc4ccccc4)n3)CC2)cnn1C. The van der Waals surface area contributed by atoms with E-state index in [-0.39, 0.29) is 5.91 Å². The van der Waals surface area contributed by atoms with Gasteiger partial charge in [-0.15, -0.1) is 0 Å². The van der Waals surface area contributed by atoms with Crippen LogP contribution in [0.3, 0.4) is 0 Å². The van der Waals surface area contributed by atoms with Crippen molar-refractivity contribution in [1.29, 1.82) is 0 Å². The Bertz CT molecular complexity index is 960. The Morgan fingerprint density at radius 2 is 1.82 bits per heavy atom. The zero-order chi connectivity index (χ0) is 19.5. The van der Waals surface area contributed by atoms with E-state index in [9.17, 15) is 4.79 Å². The summed E-state index contributed by atoms with van der Waals surface area (Å²) < 4.78 is 7.60. The molecule has 3 heterocycles. The summed E-state index contributed by atoms with van der Waals surface area (Å²) in [7, 11) is 1.86. The molecule has 0 spiro atoms. The first kappa shape index (κ1) is 18.2. The van der Waals surface area contributed by atoms with Crippen molar-refractivity contribution in [3.8, 4) is 11.6 Å². The molecule has 0 atom stereocenters. The Kier molecular flexibility index (Phi) is 5.10. The number of hydrogen-bond acceptors (Lipinski definition) is 4. The second kappa shape index (κ2) is 7.84. The normalized spacial score (nSPS) is 14.9. The zero-order valence-electron chi connectivity index (χ0n) is 16.2. The number of aromatic nitrogens is 3. The molecular weight excluding hydrogens is 352 g/mol. The number of para-hydroxylation sites is 1. The van der Waals surface area contributed by atoms with E-state index in [1.165, 1.54) is 0 Å². The number of amides is 1.